The number of nitrogens with zero attached hydrogens (tertiary/aromatic N) is 2. The first-order valence-corrected chi connectivity index (χ1v) is 6.87. The van der Waals surface area contributed by atoms with Crippen molar-refractivity contribution in [2.45, 2.75) is 26.6 Å². The molecule has 0 bridgehead atoms. The van der Waals surface area contributed by atoms with Gasteiger partial charge in [0, 0.05) is 12.0 Å². The van der Waals surface area contributed by atoms with Gasteiger partial charge in [-0.05, 0) is 16.8 Å². The summed E-state index contributed by atoms with van der Waals surface area (Å²) in [6.07, 6.45) is 0.724. The number of aromatic nitrogens is 2. The highest BCUT2D eigenvalue weighted by molar-refractivity contribution is 5.87. The van der Waals surface area contributed by atoms with E-state index in [4.69, 9.17) is 9.26 Å². The zero-order chi connectivity index (χ0) is 14.7. The third-order valence-electron chi connectivity index (χ3n) is 3.33. The van der Waals surface area contributed by atoms with Crippen LogP contribution in [0.3, 0.4) is 0 Å². The highest BCUT2D eigenvalue weighted by Gasteiger charge is 2.10. The first-order valence-electron chi connectivity index (χ1n) is 6.87. The van der Waals surface area contributed by atoms with Crippen LogP contribution in [0, 0.1) is 0 Å². The van der Waals surface area contributed by atoms with Gasteiger partial charge in [-0.15, -0.1) is 0 Å². The predicted molar refractivity (Wildman–Crippen MR) is 77.9 cm³/mol. The Labute approximate surface area is 122 Å². The molecule has 0 spiro atoms. The smallest absolute Gasteiger partial charge is 0.264 e. The summed E-state index contributed by atoms with van der Waals surface area (Å²) in [5.74, 6) is 1.73. The predicted octanol–water partition coefficient (Wildman–Crippen LogP) is 2.86. The van der Waals surface area contributed by atoms with Crippen LogP contribution in [0.4, 0.5) is 0 Å². The molecule has 3 rings (SSSR count). The summed E-state index contributed by atoms with van der Waals surface area (Å²) >= 11 is 0. The zero-order valence-electron chi connectivity index (χ0n) is 11.7. The molecule has 5 nitrogen and oxygen atoms in total. The third-order valence-corrected chi connectivity index (χ3v) is 3.33. The lowest BCUT2D eigenvalue weighted by Crippen LogP contribution is -2.00. The fraction of sp³-hybridized carbons (Fsp3) is 0.250. The van der Waals surface area contributed by atoms with Crippen LogP contribution in [0.2, 0.25) is 0 Å². The van der Waals surface area contributed by atoms with Crippen LogP contribution in [-0.2, 0) is 19.6 Å². The molecule has 0 saturated heterocycles. The van der Waals surface area contributed by atoms with Crippen LogP contribution in [0.1, 0.15) is 24.2 Å². The van der Waals surface area contributed by atoms with Gasteiger partial charge in [0.05, 0.1) is 6.61 Å². The van der Waals surface area contributed by atoms with Gasteiger partial charge in [-0.1, -0.05) is 42.4 Å². The molecule has 0 atom stereocenters. The number of hydrogen-bond acceptors (Lipinski definition) is 5. The Kier molecular flexibility index (Phi) is 3.83. The van der Waals surface area contributed by atoms with E-state index in [9.17, 15) is 5.11 Å². The van der Waals surface area contributed by atoms with Crippen molar-refractivity contribution in [2.24, 2.45) is 0 Å². The Hall–Kier alpha value is -2.40. The first-order chi connectivity index (χ1) is 10.3. The lowest BCUT2D eigenvalue weighted by molar-refractivity contribution is 0.229. The van der Waals surface area contributed by atoms with E-state index in [2.05, 4.69) is 10.1 Å². The molecule has 0 aliphatic carbocycles. The maximum atomic E-state index is 9.62. The molecule has 0 saturated carbocycles. The van der Waals surface area contributed by atoms with Crippen LogP contribution >= 0.6 is 0 Å². The zero-order valence-corrected chi connectivity index (χ0v) is 11.7. The van der Waals surface area contributed by atoms with Crippen molar-refractivity contribution in [1.82, 2.24) is 10.1 Å². The molecular weight excluding hydrogens is 268 g/mol. The summed E-state index contributed by atoms with van der Waals surface area (Å²) in [5.41, 5.74) is 0.767. The minimum absolute atomic E-state index is 0.0826. The average molecular weight is 284 g/mol. The van der Waals surface area contributed by atoms with Crippen LogP contribution in [0.15, 0.2) is 40.9 Å². The molecule has 1 N–H and O–H groups in total. The third kappa shape index (κ3) is 2.73. The molecule has 1 aromatic heterocycles. The molecule has 2 aromatic carbocycles. The van der Waals surface area contributed by atoms with Crippen molar-refractivity contribution in [3.8, 4) is 5.75 Å². The Morgan fingerprint density at radius 3 is 2.81 bits per heavy atom. The van der Waals surface area contributed by atoms with E-state index < -0.39 is 0 Å². The lowest BCUT2D eigenvalue weighted by atomic mass is 10.0. The fourth-order valence-electron chi connectivity index (χ4n) is 2.25. The normalized spacial score (nSPS) is 11.0. The first kappa shape index (κ1) is 13.6. The molecule has 0 amide bonds. The lowest BCUT2D eigenvalue weighted by Gasteiger charge is -2.11. The number of aryl methyl sites for hydroxylation is 1. The number of aliphatic hydroxyl groups excluding tert-OH is 1. The van der Waals surface area contributed by atoms with Gasteiger partial charge in [-0.2, -0.15) is 4.98 Å². The highest BCUT2D eigenvalue weighted by atomic mass is 16.5. The van der Waals surface area contributed by atoms with E-state index in [1.54, 1.807) is 0 Å². The molecule has 108 valence electrons. The van der Waals surface area contributed by atoms with Gasteiger partial charge >= 0.3 is 0 Å². The van der Waals surface area contributed by atoms with E-state index >= 15 is 0 Å². The number of ether oxygens (including phenoxy) is 1. The molecule has 21 heavy (non-hydrogen) atoms. The second-order valence-electron chi connectivity index (χ2n) is 4.67. The Morgan fingerprint density at radius 1 is 1.19 bits per heavy atom. The number of hydrogen-bond donors (Lipinski definition) is 1. The van der Waals surface area contributed by atoms with Crippen LogP contribution in [-0.4, -0.2) is 15.2 Å². The summed E-state index contributed by atoms with van der Waals surface area (Å²) in [5, 5.41) is 15.5. The van der Waals surface area contributed by atoms with Gasteiger partial charge in [0.15, 0.2) is 12.4 Å². The molecule has 0 radical (unpaired) electrons. The fourth-order valence-corrected chi connectivity index (χ4v) is 2.25. The van der Waals surface area contributed by atoms with Gasteiger partial charge < -0.3 is 14.4 Å². The highest BCUT2D eigenvalue weighted by Crippen LogP contribution is 2.28. The van der Waals surface area contributed by atoms with Crippen molar-refractivity contribution >= 4 is 10.8 Å². The maximum absolute atomic E-state index is 9.62. The topological polar surface area (TPSA) is 68.4 Å². The molecule has 1 heterocycles. The van der Waals surface area contributed by atoms with E-state index in [-0.39, 0.29) is 13.2 Å². The maximum Gasteiger partial charge on any atom is 0.264 e. The molecule has 0 unspecified atom stereocenters. The van der Waals surface area contributed by atoms with Crippen molar-refractivity contribution in [1.29, 1.82) is 0 Å². The quantitative estimate of drug-likeness (QED) is 0.780. The molecule has 5 heteroatoms. The number of aliphatic hydroxyl groups is 1. The van der Waals surface area contributed by atoms with Gasteiger partial charge in [-0.25, -0.2) is 0 Å². The standard InChI is InChI=1S/C16H16N2O3/c1-2-15-17-16(21-18-15)10-20-14-8-7-11-5-3-4-6-12(11)13(14)9-19/h3-8,19H,2,9-10H2,1H3. The largest absolute Gasteiger partial charge is 0.483 e. The van der Waals surface area contributed by atoms with Gasteiger partial charge in [0.2, 0.25) is 0 Å². The molecular formula is C16H16N2O3. The van der Waals surface area contributed by atoms with Crippen LogP contribution < -0.4 is 4.74 Å². The SMILES string of the molecule is CCc1noc(COc2ccc3ccccc3c2CO)n1. The second kappa shape index (κ2) is 5.93. The number of benzene rings is 2. The van der Waals surface area contributed by atoms with Crippen molar-refractivity contribution in [3.05, 3.63) is 53.7 Å². The summed E-state index contributed by atoms with van der Waals surface area (Å²) in [6.45, 7) is 2.07. The Bertz CT molecular complexity index is 752. The summed E-state index contributed by atoms with van der Waals surface area (Å²) < 4.78 is 10.8. The Balaban J connectivity index is 1.86. The van der Waals surface area contributed by atoms with Crippen LogP contribution in [0.5, 0.6) is 5.75 Å². The molecule has 0 aliphatic heterocycles. The summed E-state index contributed by atoms with van der Waals surface area (Å²) in [7, 11) is 0. The number of rotatable bonds is 5. The van der Waals surface area contributed by atoms with E-state index in [0.717, 1.165) is 22.8 Å². The van der Waals surface area contributed by atoms with E-state index in [1.165, 1.54) is 0 Å². The van der Waals surface area contributed by atoms with Gasteiger partial charge in [-0.3, -0.25) is 0 Å². The summed E-state index contributed by atoms with van der Waals surface area (Å²) in [4.78, 5) is 4.20. The van der Waals surface area contributed by atoms with Crippen molar-refractivity contribution in [2.75, 3.05) is 0 Å². The second-order valence-corrected chi connectivity index (χ2v) is 4.67. The number of fused-ring (bicyclic) bond motifs is 1. The average Bonchev–Trinajstić information content (AvgIpc) is 3.00. The molecule has 0 fully saturated rings. The van der Waals surface area contributed by atoms with Gasteiger partial charge in [0.25, 0.3) is 5.89 Å². The van der Waals surface area contributed by atoms with E-state index in [1.807, 2.05) is 43.3 Å². The monoisotopic (exact) mass is 284 g/mol. The van der Waals surface area contributed by atoms with Crippen molar-refractivity contribution in [3.63, 3.8) is 0 Å². The Morgan fingerprint density at radius 2 is 2.05 bits per heavy atom. The molecule has 0 aliphatic rings. The van der Waals surface area contributed by atoms with Crippen LogP contribution in [0.25, 0.3) is 10.8 Å². The van der Waals surface area contributed by atoms with Gasteiger partial charge in [0.1, 0.15) is 5.75 Å². The summed E-state index contributed by atoms with van der Waals surface area (Å²) in [6, 6.07) is 11.7. The minimum Gasteiger partial charge on any atom is -0.483 e. The van der Waals surface area contributed by atoms with E-state index in [0.29, 0.717) is 17.5 Å². The van der Waals surface area contributed by atoms with Crippen molar-refractivity contribution < 1.29 is 14.4 Å². The minimum atomic E-state index is -0.0826. The molecule has 3 aromatic rings.